The molecule has 2 aliphatic rings. The summed E-state index contributed by atoms with van der Waals surface area (Å²) in [4.78, 5) is 55.2. The third-order valence-electron chi connectivity index (χ3n) is 13.4. The average Bonchev–Trinajstić information content (AvgIpc) is 3.92. The van der Waals surface area contributed by atoms with Crippen molar-refractivity contribution in [2.75, 3.05) is 112 Å². The molecule has 0 bridgehead atoms. The van der Waals surface area contributed by atoms with E-state index in [1.165, 1.54) is 16.8 Å². The lowest BCUT2D eigenvalue weighted by Gasteiger charge is -2.46. The molecule has 1 saturated heterocycles. The van der Waals surface area contributed by atoms with E-state index in [0.717, 1.165) is 43.4 Å². The molecule has 0 radical (unpaired) electrons. The Kier molecular flexibility index (Phi) is 28.3. The first kappa shape index (κ1) is 63.6. The molecule has 2 unspecified atom stereocenters. The lowest BCUT2D eigenvalue weighted by atomic mass is 9.87. The molecule has 24 nitrogen and oxygen atoms in total. The number of nitrogens with zero attached hydrogens (tertiary/aromatic N) is 4. The highest BCUT2D eigenvalue weighted by molar-refractivity contribution is 5.95. The van der Waals surface area contributed by atoms with Gasteiger partial charge in [0.15, 0.2) is 0 Å². The van der Waals surface area contributed by atoms with Crippen LogP contribution >= 0.6 is 0 Å². The molecule has 2 heterocycles. The molecular formula is C54H83N7O17. The number of carboxylic acid groups (broad SMARTS) is 1. The predicted octanol–water partition coefficient (Wildman–Crippen LogP) is 1.14. The maximum Gasteiger partial charge on any atom is 0.364 e. The minimum absolute atomic E-state index is 0.0201. The highest BCUT2D eigenvalue weighted by Gasteiger charge is 2.56. The molecule has 0 spiro atoms. The summed E-state index contributed by atoms with van der Waals surface area (Å²) in [5.74, 6) is -5.54. The van der Waals surface area contributed by atoms with Crippen molar-refractivity contribution < 1.29 is 82.6 Å². The number of phenols is 1. The number of ether oxygens (including phenoxy) is 8. The summed E-state index contributed by atoms with van der Waals surface area (Å²) in [6.45, 7) is 7.61. The molecular weight excluding hydrogens is 1020 g/mol. The normalized spacial score (nSPS) is 19.5. The van der Waals surface area contributed by atoms with E-state index in [0.29, 0.717) is 96.7 Å². The fourth-order valence-electron chi connectivity index (χ4n) is 9.16. The van der Waals surface area contributed by atoms with Gasteiger partial charge < -0.3 is 84.7 Å². The Morgan fingerprint density at radius 2 is 1.42 bits per heavy atom. The summed E-state index contributed by atoms with van der Waals surface area (Å²) in [5, 5.41) is 69.2. The van der Waals surface area contributed by atoms with Crippen LogP contribution in [0.3, 0.4) is 0 Å². The van der Waals surface area contributed by atoms with Crippen molar-refractivity contribution in [2.45, 2.75) is 120 Å². The number of carbonyl (C=O) groups excluding carboxylic acids is 3. The van der Waals surface area contributed by atoms with E-state index < -0.39 is 67.0 Å². The van der Waals surface area contributed by atoms with Crippen molar-refractivity contribution in [2.24, 2.45) is 5.73 Å². The second-order valence-corrected chi connectivity index (χ2v) is 19.4. The molecule has 6 atom stereocenters. The zero-order valence-corrected chi connectivity index (χ0v) is 45.2. The molecule has 9 N–H and O–H groups in total. The summed E-state index contributed by atoms with van der Waals surface area (Å²) < 4.78 is 46.3. The van der Waals surface area contributed by atoms with E-state index in [1.54, 1.807) is 24.9 Å². The van der Waals surface area contributed by atoms with Crippen LogP contribution < -0.4 is 16.4 Å². The number of carbonyl (C=O) groups is 4. The fraction of sp³-hybridized carbons (Fsp3) is 0.667. The molecule has 1 aliphatic heterocycles. The van der Waals surface area contributed by atoms with Gasteiger partial charge in [-0.15, -0.1) is 5.10 Å². The molecule has 436 valence electrons. The van der Waals surface area contributed by atoms with Gasteiger partial charge in [-0.2, -0.15) is 0 Å². The first-order chi connectivity index (χ1) is 37.7. The monoisotopic (exact) mass is 1100 g/mol. The molecule has 2 fully saturated rings. The average molecular weight is 1100 g/mol. The molecule has 24 heteroatoms. The number of aliphatic hydroxyl groups excluding tert-OH is 3. The number of aromatic nitrogens is 3. The molecule has 3 amide bonds. The molecule has 78 heavy (non-hydrogen) atoms. The van der Waals surface area contributed by atoms with E-state index >= 15 is 0 Å². The van der Waals surface area contributed by atoms with Crippen molar-refractivity contribution in [1.82, 2.24) is 30.5 Å². The van der Waals surface area contributed by atoms with Crippen LogP contribution in [0, 0.1) is 13.8 Å². The summed E-state index contributed by atoms with van der Waals surface area (Å²) in [5.41, 5.74) is 8.18. The number of phenolic OH excluding ortho intramolecular Hbond substituents is 1. The Bertz CT molecular complexity index is 2210. The van der Waals surface area contributed by atoms with E-state index in [9.17, 15) is 44.7 Å². The van der Waals surface area contributed by atoms with Crippen LogP contribution in [0.4, 0.5) is 0 Å². The second kappa shape index (κ2) is 34.7. The number of aryl methyl sites for hydroxylation is 2. The fourth-order valence-corrected chi connectivity index (χ4v) is 9.16. The maximum absolute atomic E-state index is 13.6. The third-order valence-corrected chi connectivity index (χ3v) is 13.4. The van der Waals surface area contributed by atoms with Crippen molar-refractivity contribution in [3.05, 3.63) is 76.6 Å². The van der Waals surface area contributed by atoms with Gasteiger partial charge in [0.1, 0.15) is 24.5 Å². The number of nitrogens with two attached hydrogens (primary N) is 1. The van der Waals surface area contributed by atoms with Crippen LogP contribution in [0.25, 0.3) is 0 Å². The molecule has 1 aliphatic carbocycles. The minimum atomic E-state index is -2.59. The quantitative estimate of drug-likeness (QED) is 0.0373. The summed E-state index contributed by atoms with van der Waals surface area (Å²) in [6.07, 6.45) is -0.460. The highest BCUT2D eigenvalue weighted by Crippen LogP contribution is 2.34. The molecule has 1 aromatic heterocycles. The highest BCUT2D eigenvalue weighted by atomic mass is 16.7. The lowest BCUT2D eigenvalue weighted by Crippen LogP contribution is -2.68. The molecule has 1 saturated carbocycles. The smallest absolute Gasteiger partial charge is 0.364 e. The zero-order valence-electron chi connectivity index (χ0n) is 45.2. The number of amides is 3. The third kappa shape index (κ3) is 21.4. The van der Waals surface area contributed by atoms with E-state index in [1.807, 2.05) is 30.3 Å². The first-order valence-electron chi connectivity index (χ1n) is 27.1. The van der Waals surface area contributed by atoms with Crippen molar-refractivity contribution in [3.63, 3.8) is 0 Å². The van der Waals surface area contributed by atoms with Crippen molar-refractivity contribution in [1.29, 1.82) is 0 Å². The summed E-state index contributed by atoms with van der Waals surface area (Å²) in [6, 6.07) is 11.0. The van der Waals surface area contributed by atoms with Gasteiger partial charge in [0.05, 0.1) is 116 Å². The van der Waals surface area contributed by atoms with Crippen LogP contribution in [-0.4, -0.2) is 217 Å². The van der Waals surface area contributed by atoms with Gasteiger partial charge in [-0.25, -0.2) is 9.48 Å². The van der Waals surface area contributed by atoms with Crippen LogP contribution in [-0.2, 0) is 65.2 Å². The van der Waals surface area contributed by atoms with Gasteiger partial charge in [-0.05, 0) is 68.4 Å². The van der Waals surface area contributed by atoms with Crippen LogP contribution in [0.1, 0.15) is 90.0 Å². The van der Waals surface area contributed by atoms with Crippen LogP contribution in [0.15, 0.2) is 48.7 Å². The van der Waals surface area contributed by atoms with Gasteiger partial charge >= 0.3 is 5.97 Å². The molecule has 2 aromatic carbocycles. The lowest BCUT2D eigenvalue weighted by molar-refractivity contribution is -0.310. The van der Waals surface area contributed by atoms with Gasteiger partial charge in [-0.1, -0.05) is 54.8 Å². The number of hydrogen-bond donors (Lipinski definition) is 8. The van der Waals surface area contributed by atoms with Crippen LogP contribution in [0.5, 0.6) is 5.75 Å². The first-order valence-corrected chi connectivity index (χ1v) is 27.1. The molecule has 5 rings (SSSR count). The summed E-state index contributed by atoms with van der Waals surface area (Å²) in [7, 11) is 0. The predicted molar refractivity (Wildman–Crippen MR) is 281 cm³/mol. The Hall–Kier alpha value is -5.22. The standard InChI is InChI=1S/C54H83N7O17/c1-38-32-42(33-39(2)49(38)66)52(68)56-35-45(63)50(67)51-48(57-46(64)37-61-36-43(58-59-61)41-12-7-4-8-13-41)44(62)34-54(78-51,53(69)70)77-19-9-17-60(18-14-40-10-5-3-6-11-40)47(65)15-20-71-22-24-73-26-28-75-30-31-76-29-27-74-25-23-72-21-16-55/h3,5-6,10-11,32-33,36,41,44-45,48,50-51,62-63,66-67H,4,7-9,12-31,34-35,37,55H2,1-2H3,(H,56,68)(H,57,64)(H,69,70)/t44-,45-,48?,50-,51?,54-/m1/s1. The topological polar surface area (TPSA) is 327 Å². The SMILES string of the molecule is Cc1cc(C(=O)NC[C@@H](O)[C@@H](O)C2O[C@@](OCCCN(CCc3ccccc3)C(=O)CCOCCOCCOCCOCCOCCOCCN)(C(=O)O)C[C@@H](O)C2NC(=O)Cn2cc(C3CCCCC3)nn2)cc(C)c1O. The summed E-state index contributed by atoms with van der Waals surface area (Å²) >= 11 is 0. The molecule has 3 aromatic rings. The number of aromatic hydroxyl groups is 1. The van der Waals surface area contributed by atoms with Crippen LogP contribution in [0.2, 0.25) is 0 Å². The van der Waals surface area contributed by atoms with E-state index in [2.05, 4.69) is 20.9 Å². The minimum Gasteiger partial charge on any atom is -0.507 e. The Morgan fingerprint density at radius 3 is 2.01 bits per heavy atom. The number of nitrogens with one attached hydrogen (secondary N) is 2. The van der Waals surface area contributed by atoms with Crippen molar-refractivity contribution in [3.8, 4) is 5.75 Å². The van der Waals surface area contributed by atoms with Gasteiger partial charge in [-0.3, -0.25) is 14.4 Å². The number of benzene rings is 2. The Morgan fingerprint density at radius 1 is 0.833 bits per heavy atom. The number of hydrogen-bond acceptors (Lipinski definition) is 19. The van der Waals surface area contributed by atoms with E-state index in [-0.39, 0.29) is 68.9 Å². The van der Waals surface area contributed by atoms with Crippen molar-refractivity contribution >= 4 is 23.7 Å². The largest absolute Gasteiger partial charge is 0.507 e. The van der Waals surface area contributed by atoms with Gasteiger partial charge in [0, 0.05) is 50.3 Å². The zero-order chi connectivity index (χ0) is 56.1. The number of carboxylic acids is 1. The second-order valence-electron chi connectivity index (χ2n) is 19.4. The Balaban J connectivity index is 1.14. The van der Waals surface area contributed by atoms with Gasteiger partial charge in [0.25, 0.3) is 11.7 Å². The number of rotatable bonds is 38. The van der Waals surface area contributed by atoms with E-state index in [4.69, 9.17) is 43.6 Å². The van der Waals surface area contributed by atoms with Gasteiger partial charge in [0.2, 0.25) is 11.8 Å². The number of aliphatic hydroxyl groups is 3. The maximum atomic E-state index is 13.6. The number of aliphatic carboxylic acids is 1. The Labute approximate surface area is 456 Å².